The summed E-state index contributed by atoms with van der Waals surface area (Å²) in [6, 6.07) is 11.6. The molecule has 0 saturated carbocycles. The minimum Gasteiger partial charge on any atom is -0.497 e. The van der Waals surface area contributed by atoms with Crippen LogP contribution in [0.15, 0.2) is 42.5 Å². The van der Waals surface area contributed by atoms with E-state index < -0.39 is 0 Å². The third kappa shape index (κ3) is 4.47. The molecular weight excluding hydrogens is 316 g/mol. The highest BCUT2D eigenvalue weighted by atomic mass is 35.5. The van der Waals surface area contributed by atoms with Gasteiger partial charge < -0.3 is 15.4 Å². The standard InChI is InChI=1S/C17H17ClN2O3/c1-3-16(21)19-12-6-9-14(18)15(10-12)20-17(22)11-4-7-13(23-2)8-5-11/h4-10H,3H2,1-2H3,(H,19,21)(H,20,22). The topological polar surface area (TPSA) is 67.4 Å². The molecular formula is C17H17ClN2O3. The van der Waals surface area contributed by atoms with E-state index >= 15 is 0 Å². The van der Waals surface area contributed by atoms with Crippen LogP contribution in [-0.4, -0.2) is 18.9 Å². The summed E-state index contributed by atoms with van der Waals surface area (Å²) in [7, 11) is 1.56. The average molecular weight is 333 g/mol. The Balaban J connectivity index is 2.15. The number of hydrogen-bond acceptors (Lipinski definition) is 3. The van der Waals surface area contributed by atoms with Crippen LogP contribution in [0.2, 0.25) is 5.02 Å². The molecule has 0 aromatic heterocycles. The summed E-state index contributed by atoms with van der Waals surface area (Å²) in [6.07, 6.45) is 0.371. The lowest BCUT2D eigenvalue weighted by atomic mass is 10.2. The van der Waals surface area contributed by atoms with Gasteiger partial charge in [-0.15, -0.1) is 0 Å². The third-order valence-electron chi connectivity index (χ3n) is 3.17. The zero-order valence-electron chi connectivity index (χ0n) is 12.9. The number of hydrogen-bond donors (Lipinski definition) is 2. The molecule has 0 saturated heterocycles. The fourth-order valence-corrected chi connectivity index (χ4v) is 2.05. The van der Waals surface area contributed by atoms with Gasteiger partial charge in [-0.05, 0) is 42.5 Å². The van der Waals surface area contributed by atoms with Gasteiger partial charge >= 0.3 is 0 Å². The van der Waals surface area contributed by atoms with Gasteiger partial charge in [0.1, 0.15) is 5.75 Å². The normalized spacial score (nSPS) is 10.0. The molecule has 2 aromatic carbocycles. The molecule has 2 amide bonds. The van der Waals surface area contributed by atoms with Gasteiger partial charge in [-0.25, -0.2) is 0 Å². The van der Waals surface area contributed by atoms with Crippen molar-refractivity contribution < 1.29 is 14.3 Å². The Morgan fingerprint density at radius 3 is 2.39 bits per heavy atom. The minimum absolute atomic E-state index is 0.111. The molecule has 0 unspecified atom stereocenters. The van der Waals surface area contributed by atoms with Crippen LogP contribution in [0, 0.1) is 0 Å². The summed E-state index contributed by atoms with van der Waals surface area (Å²) in [5, 5.41) is 5.84. The SMILES string of the molecule is CCC(=O)Nc1ccc(Cl)c(NC(=O)c2ccc(OC)cc2)c1. The molecule has 0 radical (unpaired) electrons. The molecule has 0 aliphatic carbocycles. The van der Waals surface area contributed by atoms with Crippen LogP contribution < -0.4 is 15.4 Å². The number of carbonyl (C=O) groups is 2. The summed E-state index contributed by atoms with van der Waals surface area (Å²) < 4.78 is 5.06. The number of benzene rings is 2. The van der Waals surface area contributed by atoms with Gasteiger partial charge in [0.15, 0.2) is 0 Å². The van der Waals surface area contributed by atoms with E-state index in [9.17, 15) is 9.59 Å². The van der Waals surface area contributed by atoms with Crippen molar-refractivity contribution in [2.24, 2.45) is 0 Å². The first-order chi connectivity index (χ1) is 11.0. The highest BCUT2D eigenvalue weighted by Crippen LogP contribution is 2.26. The lowest BCUT2D eigenvalue weighted by Gasteiger charge is -2.10. The summed E-state index contributed by atoms with van der Waals surface area (Å²) in [5.74, 6) is 0.261. The maximum Gasteiger partial charge on any atom is 0.255 e. The Kier molecular flexibility index (Phi) is 5.60. The molecule has 23 heavy (non-hydrogen) atoms. The van der Waals surface area contributed by atoms with Crippen LogP contribution in [0.5, 0.6) is 5.75 Å². The van der Waals surface area contributed by atoms with Gasteiger partial charge in [0.05, 0.1) is 17.8 Å². The van der Waals surface area contributed by atoms with Crippen LogP contribution in [0.4, 0.5) is 11.4 Å². The highest BCUT2D eigenvalue weighted by Gasteiger charge is 2.10. The molecule has 0 bridgehead atoms. The zero-order valence-corrected chi connectivity index (χ0v) is 13.6. The van der Waals surface area contributed by atoms with E-state index in [4.69, 9.17) is 16.3 Å². The number of anilines is 2. The Labute approximate surface area is 139 Å². The number of halogens is 1. The molecule has 5 nitrogen and oxygen atoms in total. The first-order valence-corrected chi connectivity index (χ1v) is 7.46. The molecule has 6 heteroatoms. The largest absolute Gasteiger partial charge is 0.497 e. The molecule has 0 atom stereocenters. The van der Waals surface area contributed by atoms with Crippen molar-refractivity contribution in [3.8, 4) is 5.75 Å². The monoisotopic (exact) mass is 332 g/mol. The smallest absolute Gasteiger partial charge is 0.255 e. The predicted octanol–water partition coefficient (Wildman–Crippen LogP) is 3.95. The average Bonchev–Trinajstić information content (AvgIpc) is 2.57. The van der Waals surface area contributed by atoms with Crippen molar-refractivity contribution in [3.63, 3.8) is 0 Å². The summed E-state index contributed by atoms with van der Waals surface area (Å²) >= 11 is 6.10. The Bertz CT molecular complexity index is 714. The van der Waals surface area contributed by atoms with E-state index in [1.165, 1.54) is 0 Å². The molecule has 0 heterocycles. The second-order valence-electron chi connectivity index (χ2n) is 4.78. The molecule has 0 fully saturated rings. The molecule has 0 spiro atoms. The van der Waals surface area contributed by atoms with Gasteiger partial charge in [0.2, 0.25) is 5.91 Å². The molecule has 0 aliphatic rings. The second-order valence-corrected chi connectivity index (χ2v) is 5.19. The number of ether oxygens (including phenoxy) is 1. The van der Waals surface area contributed by atoms with Crippen molar-refractivity contribution >= 4 is 34.8 Å². The Morgan fingerprint density at radius 1 is 1.09 bits per heavy atom. The molecule has 2 rings (SSSR count). The number of methoxy groups -OCH3 is 1. The minimum atomic E-state index is -0.298. The van der Waals surface area contributed by atoms with Crippen molar-refractivity contribution in [2.75, 3.05) is 17.7 Å². The summed E-state index contributed by atoms with van der Waals surface area (Å²) in [5.41, 5.74) is 1.48. The maximum atomic E-state index is 12.3. The van der Waals surface area contributed by atoms with Gasteiger partial charge in [-0.2, -0.15) is 0 Å². The second kappa shape index (κ2) is 7.65. The van der Waals surface area contributed by atoms with E-state index in [0.717, 1.165) is 0 Å². The van der Waals surface area contributed by atoms with Crippen molar-refractivity contribution in [3.05, 3.63) is 53.1 Å². The highest BCUT2D eigenvalue weighted by molar-refractivity contribution is 6.34. The van der Waals surface area contributed by atoms with Crippen LogP contribution in [0.3, 0.4) is 0 Å². The van der Waals surface area contributed by atoms with Gasteiger partial charge in [-0.3, -0.25) is 9.59 Å². The lowest BCUT2D eigenvalue weighted by molar-refractivity contribution is -0.115. The first-order valence-electron chi connectivity index (χ1n) is 7.08. The maximum absolute atomic E-state index is 12.3. The summed E-state index contributed by atoms with van der Waals surface area (Å²) in [6.45, 7) is 1.76. The van der Waals surface area contributed by atoms with Crippen LogP contribution in [0.1, 0.15) is 23.7 Å². The zero-order chi connectivity index (χ0) is 16.8. The van der Waals surface area contributed by atoms with E-state index in [2.05, 4.69) is 10.6 Å². The van der Waals surface area contributed by atoms with Crippen LogP contribution in [-0.2, 0) is 4.79 Å². The van der Waals surface area contributed by atoms with E-state index in [1.54, 1.807) is 56.5 Å². The number of amides is 2. The fraction of sp³-hybridized carbons (Fsp3) is 0.176. The van der Waals surface area contributed by atoms with Gasteiger partial charge in [0, 0.05) is 17.7 Å². The number of nitrogens with one attached hydrogen (secondary N) is 2. The van der Waals surface area contributed by atoms with Crippen molar-refractivity contribution in [2.45, 2.75) is 13.3 Å². The number of rotatable bonds is 5. The first kappa shape index (κ1) is 16.8. The third-order valence-corrected chi connectivity index (χ3v) is 3.50. The van der Waals surface area contributed by atoms with Crippen LogP contribution >= 0.6 is 11.6 Å². The van der Waals surface area contributed by atoms with Crippen molar-refractivity contribution in [1.82, 2.24) is 0 Å². The number of carbonyl (C=O) groups excluding carboxylic acids is 2. The van der Waals surface area contributed by atoms with E-state index in [-0.39, 0.29) is 11.8 Å². The quantitative estimate of drug-likeness (QED) is 0.871. The van der Waals surface area contributed by atoms with Gasteiger partial charge in [0.25, 0.3) is 5.91 Å². The Morgan fingerprint density at radius 2 is 1.78 bits per heavy atom. The fourth-order valence-electron chi connectivity index (χ4n) is 1.89. The molecule has 2 aromatic rings. The van der Waals surface area contributed by atoms with E-state index in [1.807, 2.05) is 0 Å². The molecule has 2 N–H and O–H groups in total. The lowest BCUT2D eigenvalue weighted by Crippen LogP contribution is -2.13. The summed E-state index contributed by atoms with van der Waals surface area (Å²) in [4.78, 5) is 23.7. The van der Waals surface area contributed by atoms with E-state index in [0.29, 0.717) is 34.1 Å². The van der Waals surface area contributed by atoms with Crippen molar-refractivity contribution in [1.29, 1.82) is 0 Å². The predicted molar refractivity (Wildman–Crippen MR) is 91.3 cm³/mol. The molecule has 120 valence electrons. The molecule has 0 aliphatic heterocycles. The van der Waals surface area contributed by atoms with Crippen LogP contribution in [0.25, 0.3) is 0 Å². The van der Waals surface area contributed by atoms with Gasteiger partial charge in [-0.1, -0.05) is 18.5 Å². The Hall–Kier alpha value is -2.53.